The van der Waals surface area contributed by atoms with Crippen molar-refractivity contribution in [3.05, 3.63) is 66.5 Å². The number of hydrogen-bond donors (Lipinski definition) is 3. The number of pyridine rings is 1. The molecule has 10 heteroatoms. The number of anilines is 4. The van der Waals surface area contributed by atoms with Gasteiger partial charge in [-0.05, 0) is 36.4 Å². The number of nitrogens with one attached hydrogen (secondary N) is 2. The third-order valence-corrected chi connectivity index (χ3v) is 4.87. The molecule has 1 saturated heterocycles. The molecule has 30 heavy (non-hydrogen) atoms. The molecule has 1 amide bonds. The van der Waals surface area contributed by atoms with Crippen LogP contribution >= 0.6 is 0 Å². The molecular formula is C20H21FN8O. The molecule has 1 aliphatic rings. The van der Waals surface area contributed by atoms with Crippen LogP contribution < -0.4 is 26.4 Å². The Hall–Kier alpha value is -3.95. The number of hydrogen-bond acceptors (Lipinski definition) is 8. The maximum Gasteiger partial charge on any atom is 0.269 e. The zero-order valence-electron chi connectivity index (χ0n) is 16.1. The molecular weight excluding hydrogens is 387 g/mol. The molecule has 0 spiro atoms. The van der Waals surface area contributed by atoms with Crippen LogP contribution in [0.4, 0.5) is 27.4 Å². The lowest BCUT2D eigenvalue weighted by Crippen LogP contribution is -2.47. The maximum atomic E-state index is 13.1. The van der Waals surface area contributed by atoms with Crippen molar-refractivity contribution in [3.8, 4) is 0 Å². The van der Waals surface area contributed by atoms with E-state index in [-0.39, 0.29) is 11.7 Å². The Morgan fingerprint density at radius 3 is 2.33 bits per heavy atom. The highest BCUT2D eigenvalue weighted by molar-refractivity contribution is 5.95. The molecule has 0 radical (unpaired) electrons. The van der Waals surface area contributed by atoms with Gasteiger partial charge in [-0.15, -0.1) is 0 Å². The van der Waals surface area contributed by atoms with Crippen LogP contribution in [0.1, 0.15) is 10.4 Å². The summed E-state index contributed by atoms with van der Waals surface area (Å²) in [6.07, 6.45) is 4.48. The van der Waals surface area contributed by atoms with Gasteiger partial charge in [0.25, 0.3) is 5.91 Å². The van der Waals surface area contributed by atoms with E-state index in [1.165, 1.54) is 30.9 Å². The number of carbonyl (C=O) groups is 1. The Morgan fingerprint density at radius 1 is 0.967 bits per heavy atom. The largest absolute Gasteiger partial charge is 0.393 e. The highest BCUT2D eigenvalue weighted by Crippen LogP contribution is 2.27. The molecule has 4 rings (SSSR count). The van der Waals surface area contributed by atoms with Gasteiger partial charge in [0.15, 0.2) is 11.6 Å². The summed E-state index contributed by atoms with van der Waals surface area (Å²) in [7, 11) is 0. The molecule has 1 fully saturated rings. The molecule has 3 heterocycles. The van der Waals surface area contributed by atoms with Gasteiger partial charge >= 0.3 is 0 Å². The highest BCUT2D eigenvalue weighted by Gasteiger charge is 2.21. The van der Waals surface area contributed by atoms with E-state index in [1.807, 2.05) is 0 Å². The van der Waals surface area contributed by atoms with Crippen LogP contribution in [0.25, 0.3) is 0 Å². The van der Waals surface area contributed by atoms with Crippen LogP contribution in [-0.2, 0) is 0 Å². The van der Waals surface area contributed by atoms with Gasteiger partial charge in [0.1, 0.15) is 17.8 Å². The van der Waals surface area contributed by atoms with Gasteiger partial charge in [-0.3, -0.25) is 20.6 Å². The first-order valence-corrected chi connectivity index (χ1v) is 9.44. The van der Waals surface area contributed by atoms with Crippen LogP contribution in [0.5, 0.6) is 0 Å². The van der Waals surface area contributed by atoms with Crippen molar-refractivity contribution in [3.63, 3.8) is 0 Å². The van der Waals surface area contributed by atoms with Crippen LogP contribution in [0.15, 0.2) is 55.1 Å². The first kappa shape index (κ1) is 19.4. The van der Waals surface area contributed by atoms with Crippen LogP contribution in [-0.4, -0.2) is 47.0 Å². The summed E-state index contributed by atoms with van der Waals surface area (Å²) in [4.78, 5) is 28.8. The first-order valence-electron chi connectivity index (χ1n) is 9.44. The Bertz CT molecular complexity index is 1010. The van der Waals surface area contributed by atoms with E-state index < -0.39 is 0 Å². The molecule has 4 N–H and O–H groups in total. The van der Waals surface area contributed by atoms with Crippen LogP contribution in [0.3, 0.4) is 0 Å². The Balaban J connectivity index is 1.39. The minimum Gasteiger partial charge on any atom is -0.393 e. The highest BCUT2D eigenvalue weighted by atomic mass is 19.1. The van der Waals surface area contributed by atoms with Gasteiger partial charge in [0, 0.05) is 49.8 Å². The normalized spacial score (nSPS) is 13.8. The minimum absolute atomic E-state index is 0.248. The number of carbonyl (C=O) groups excluding carboxylic acids is 1. The lowest BCUT2D eigenvalue weighted by atomic mass is 10.2. The number of nitrogen functional groups attached to an aromatic ring is 1. The summed E-state index contributed by atoms with van der Waals surface area (Å²) < 4.78 is 13.1. The summed E-state index contributed by atoms with van der Waals surface area (Å²) in [5, 5.41) is 0. The molecule has 0 aliphatic carbocycles. The van der Waals surface area contributed by atoms with E-state index in [0.717, 1.165) is 18.8 Å². The number of halogens is 1. The monoisotopic (exact) mass is 408 g/mol. The van der Waals surface area contributed by atoms with E-state index in [1.54, 1.807) is 24.3 Å². The number of amides is 1. The number of aromatic nitrogens is 3. The second-order valence-corrected chi connectivity index (χ2v) is 6.73. The van der Waals surface area contributed by atoms with Crippen molar-refractivity contribution in [2.24, 2.45) is 0 Å². The standard InChI is InChI=1S/C20H21FN8O/c21-15-1-3-16(4-2-15)28-9-11-29(12-10-28)19-17(22)18(24-13-25-19)26-27-20(30)14-5-7-23-8-6-14/h1-8,13H,9-12,22H2,(H,27,30)(H,24,25,26). The van der Waals surface area contributed by atoms with Crippen molar-refractivity contribution < 1.29 is 9.18 Å². The molecule has 0 unspecified atom stereocenters. The predicted octanol–water partition coefficient (Wildman–Crippen LogP) is 1.68. The van der Waals surface area contributed by atoms with Gasteiger partial charge in [-0.2, -0.15) is 0 Å². The SMILES string of the molecule is Nc1c(NNC(=O)c2ccncc2)ncnc1N1CCN(c2ccc(F)cc2)CC1. The lowest BCUT2D eigenvalue weighted by molar-refractivity contribution is 0.0962. The van der Waals surface area contributed by atoms with Gasteiger partial charge in [-0.1, -0.05) is 0 Å². The molecule has 2 aromatic heterocycles. The quantitative estimate of drug-likeness (QED) is 0.547. The summed E-state index contributed by atoms with van der Waals surface area (Å²) >= 11 is 0. The van der Waals surface area contributed by atoms with E-state index >= 15 is 0 Å². The molecule has 0 bridgehead atoms. The third-order valence-electron chi connectivity index (χ3n) is 4.87. The van der Waals surface area contributed by atoms with Crippen molar-refractivity contribution in [2.75, 3.05) is 47.1 Å². The number of piperazine rings is 1. The fourth-order valence-electron chi connectivity index (χ4n) is 3.26. The summed E-state index contributed by atoms with van der Waals surface area (Å²) in [6.45, 7) is 2.88. The zero-order valence-corrected chi connectivity index (χ0v) is 16.1. The van der Waals surface area contributed by atoms with E-state index in [0.29, 0.717) is 36.0 Å². The maximum absolute atomic E-state index is 13.1. The summed E-state index contributed by atoms with van der Waals surface area (Å²) in [6, 6.07) is 9.68. The van der Waals surface area contributed by atoms with Crippen molar-refractivity contribution in [1.82, 2.24) is 20.4 Å². The predicted molar refractivity (Wildman–Crippen MR) is 113 cm³/mol. The van der Waals surface area contributed by atoms with E-state index in [4.69, 9.17) is 5.73 Å². The smallest absolute Gasteiger partial charge is 0.269 e. The van der Waals surface area contributed by atoms with Gasteiger partial charge < -0.3 is 15.5 Å². The summed E-state index contributed by atoms with van der Waals surface area (Å²) in [5.41, 5.74) is 13.4. The molecule has 9 nitrogen and oxygen atoms in total. The topological polar surface area (TPSA) is 112 Å². The number of rotatable bonds is 5. The fraction of sp³-hybridized carbons (Fsp3) is 0.200. The average Bonchev–Trinajstić information content (AvgIpc) is 2.79. The van der Waals surface area contributed by atoms with E-state index in [2.05, 4.69) is 35.6 Å². The molecule has 0 atom stereocenters. The average molecular weight is 408 g/mol. The summed E-state index contributed by atoms with van der Waals surface area (Å²) in [5.74, 6) is 0.347. The van der Waals surface area contributed by atoms with Gasteiger partial charge in [0.2, 0.25) is 0 Å². The second kappa shape index (κ2) is 8.60. The van der Waals surface area contributed by atoms with Crippen molar-refractivity contribution in [1.29, 1.82) is 0 Å². The Morgan fingerprint density at radius 2 is 1.63 bits per heavy atom. The molecule has 3 aromatic rings. The molecule has 1 aliphatic heterocycles. The zero-order chi connectivity index (χ0) is 20.9. The molecule has 154 valence electrons. The number of hydrazine groups is 1. The lowest BCUT2D eigenvalue weighted by Gasteiger charge is -2.37. The van der Waals surface area contributed by atoms with Gasteiger partial charge in [0.05, 0.1) is 0 Å². The Kier molecular flexibility index (Phi) is 5.55. The van der Waals surface area contributed by atoms with Crippen LogP contribution in [0.2, 0.25) is 0 Å². The second-order valence-electron chi connectivity index (χ2n) is 6.73. The number of nitrogens with zero attached hydrogens (tertiary/aromatic N) is 5. The van der Waals surface area contributed by atoms with E-state index in [9.17, 15) is 9.18 Å². The minimum atomic E-state index is -0.329. The number of nitrogens with two attached hydrogens (primary N) is 1. The molecule has 0 saturated carbocycles. The third kappa shape index (κ3) is 4.22. The first-order chi connectivity index (χ1) is 14.6. The molecule has 1 aromatic carbocycles. The fourth-order valence-corrected chi connectivity index (χ4v) is 3.26. The van der Waals surface area contributed by atoms with Crippen LogP contribution in [0, 0.1) is 5.82 Å². The van der Waals surface area contributed by atoms with Crippen molar-refractivity contribution >= 4 is 28.9 Å². The van der Waals surface area contributed by atoms with Gasteiger partial charge in [-0.25, -0.2) is 14.4 Å². The number of benzene rings is 1. The van der Waals surface area contributed by atoms with Crippen molar-refractivity contribution in [2.45, 2.75) is 0 Å². The Labute approximate surface area is 172 Å².